The van der Waals surface area contributed by atoms with Gasteiger partial charge in [0.2, 0.25) is 11.8 Å². The highest BCUT2D eigenvalue weighted by molar-refractivity contribution is 5.73. The lowest BCUT2D eigenvalue weighted by Crippen LogP contribution is -2.50. The Morgan fingerprint density at radius 1 is 1.41 bits per heavy atom. The van der Waals surface area contributed by atoms with E-state index in [9.17, 15) is 4.79 Å². The number of ether oxygens (including phenoxy) is 2. The zero-order valence-electron chi connectivity index (χ0n) is 13.0. The molecule has 3 rings (SSSR count). The topological polar surface area (TPSA) is 64.6 Å². The van der Waals surface area contributed by atoms with E-state index >= 15 is 0 Å². The summed E-state index contributed by atoms with van der Waals surface area (Å²) in [6, 6.07) is 0. The quantitative estimate of drug-likeness (QED) is 0.847. The highest BCUT2D eigenvalue weighted by atomic mass is 16.5. The molecule has 0 aliphatic carbocycles. The van der Waals surface area contributed by atoms with Gasteiger partial charge in [-0.1, -0.05) is 0 Å². The van der Waals surface area contributed by atoms with Crippen molar-refractivity contribution in [2.24, 2.45) is 11.3 Å². The van der Waals surface area contributed by atoms with E-state index < -0.39 is 0 Å². The second-order valence-electron chi connectivity index (χ2n) is 6.24. The molecule has 0 radical (unpaired) electrons. The minimum Gasteiger partial charge on any atom is -0.476 e. The minimum absolute atomic E-state index is 0.175. The van der Waals surface area contributed by atoms with Crippen LogP contribution in [0.5, 0.6) is 5.88 Å². The molecule has 2 saturated heterocycles. The summed E-state index contributed by atoms with van der Waals surface area (Å²) >= 11 is 0. The van der Waals surface area contributed by atoms with Crippen molar-refractivity contribution < 1.29 is 14.3 Å². The lowest BCUT2D eigenvalue weighted by atomic mass is 9.66. The van der Waals surface area contributed by atoms with Crippen LogP contribution in [0.25, 0.3) is 0 Å². The summed E-state index contributed by atoms with van der Waals surface area (Å²) in [4.78, 5) is 21.6. The van der Waals surface area contributed by atoms with Crippen LogP contribution in [0, 0.1) is 11.3 Å². The molecule has 120 valence electrons. The molecule has 1 atom stereocenters. The van der Waals surface area contributed by atoms with E-state index in [1.165, 1.54) is 0 Å². The van der Waals surface area contributed by atoms with Crippen molar-refractivity contribution in [2.75, 3.05) is 32.9 Å². The summed E-state index contributed by atoms with van der Waals surface area (Å²) < 4.78 is 11.5. The maximum absolute atomic E-state index is 11.5. The van der Waals surface area contributed by atoms with Crippen molar-refractivity contribution >= 4 is 5.91 Å². The summed E-state index contributed by atoms with van der Waals surface area (Å²) in [5.74, 6) is 1.08. The van der Waals surface area contributed by atoms with Gasteiger partial charge in [-0.3, -0.25) is 9.78 Å². The van der Waals surface area contributed by atoms with Crippen molar-refractivity contribution in [2.45, 2.75) is 26.2 Å². The number of likely N-dealkylation sites (tertiary alicyclic amines) is 1. The van der Waals surface area contributed by atoms with E-state index in [-0.39, 0.29) is 11.3 Å². The molecule has 1 spiro atoms. The molecule has 1 aromatic rings. The first kappa shape index (κ1) is 15.2. The van der Waals surface area contributed by atoms with E-state index in [2.05, 4.69) is 9.97 Å². The number of rotatable bonds is 3. The lowest BCUT2D eigenvalue weighted by molar-refractivity contribution is -0.135. The van der Waals surface area contributed by atoms with Crippen LogP contribution in [-0.4, -0.2) is 53.7 Å². The minimum atomic E-state index is 0.175. The maximum Gasteiger partial charge on any atom is 0.232 e. The van der Waals surface area contributed by atoms with Crippen molar-refractivity contribution in [1.29, 1.82) is 0 Å². The van der Waals surface area contributed by atoms with Crippen molar-refractivity contribution in [3.05, 3.63) is 18.6 Å². The second kappa shape index (κ2) is 6.60. The van der Waals surface area contributed by atoms with Crippen molar-refractivity contribution in [1.82, 2.24) is 14.9 Å². The lowest BCUT2D eigenvalue weighted by Gasteiger charge is -2.48. The average molecular weight is 305 g/mol. The van der Waals surface area contributed by atoms with Gasteiger partial charge >= 0.3 is 0 Å². The van der Waals surface area contributed by atoms with Gasteiger partial charge in [-0.05, 0) is 24.7 Å². The first-order chi connectivity index (χ1) is 10.7. The van der Waals surface area contributed by atoms with E-state index in [4.69, 9.17) is 9.47 Å². The predicted octanol–water partition coefficient (Wildman–Crippen LogP) is 1.52. The Balaban J connectivity index is 1.63. The fraction of sp³-hybridized carbons (Fsp3) is 0.688. The van der Waals surface area contributed by atoms with Gasteiger partial charge in [-0.15, -0.1) is 0 Å². The summed E-state index contributed by atoms with van der Waals surface area (Å²) in [5.41, 5.74) is 0.229. The molecule has 0 N–H and O–H groups in total. The summed E-state index contributed by atoms with van der Waals surface area (Å²) in [6.07, 6.45) is 8.01. The normalized spacial score (nSPS) is 24.2. The summed E-state index contributed by atoms with van der Waals surface area (Å²) in [7, 11) is 0. The van der Waals surface area contributed by atoms with Gasteiger partial charge in [-0.25, -0.2) is 4.98 Å². The number of hydrogen-bond acceptors (Lipinski definition) is 5. The third-order valence-electron chi connectivity index (χ3n) is 5.11. The summed E-state index contributed by atoms with van der Waals surface area (Å²) in [6.45, 7) is 5.46. The van der Waals surface area contributed by atoms with Gasteiger partial charge in [0.1, 0.15) is 0 Å². The molecule has 3 heterocycles. The predicted molar refractivity (Wildman–Crippen MR) is 80.4 cm³/mol. The van der Waals surface area contributed by atoms with Gasteiger partial charge < -0.3 is 14.4 Å². The van der Waals surface area contributed by atoms with Crippen molar-refractivity contribution in [3.63, 3.8) is 0 Å². The first-order valence-corrected chi connectivity index (χ1v) is 7.92. The molecule has 0 unspecified atom stereocenters. The third-order valence-corrected chi connectivity index (χ3v) is 5.11. The van der Waals surface area contributed by atoms with E-state index in [0.717, 1.165) is 45.6 Å². The molecule has 6 nitrogen and oxygen atoms in total. The van der Waals surface area contributed by atoms with Crippen LogP contribution >= 0.6 is 0 Å². The molecule has 1 aromatic heterocycles. The molecule has 2 aliphatic heterocycles. The number of carbonyl (C=O) groups is 1. The molecular formula is C16H23N3O3. The Bertz CT molecular complexity index is 501. The Hall–Kier alpha value is -1.69. The number of carbonyl (C=O) groups excluding carboxylic acids is 1. The summed E-state index contributed by atoms with van der Waals surface area (Å²) in [5, 5.41) is 0. The van der Waals surface area contributed by atoms with Gasteiger partial charge in [0, 0.05) is 44.9 Å². The van der Waals surface area contributed by atoms with Crippen LogP contribution in [-0.2, 0) is 9.53 Å². The smallest absolute Gasteiger partial charge is 0.232 e. The third kappa shape index (κ3) is 3.21. The van der Waals surface area contributed by atoms with Crippen LogP contribution in [0.2, 0.25) is 0 Å². The molecule has 6 heteroatoms. The molecule has 22 heavy (non-hydrogen) atoms. The Labute approximate surface area is 130 Å². The SMILES string of the molecule is CC(=O)N1CCC2(CCOC[C@@H]2COc2cnccn2)CC1. The largest absolute Gasteiger partial charge is 0.476 e. The molecule has 2 fully saturated rings. The molecule has 0 saturated carbocycles. The maximum atomic E-state index is 11.5. The fourth-order valence-electron chi connectivity index (χ4n) is 3.58. The van der Waals surface area contributed by atoms with Gasteiger partial charge in [0.25, 0.3) is 0 Å². The van der Waals surface area contributed by atoms with Gasteiger partial charge in [-0.2, -0.15) is 0 Å². The standard InChI is InChI=1S/C16H23N3O3/c1-13(20)19-7-2-16(3-8-19)4-9-21-11-14(16)12-22-15-10-17-5-6-18-15/h5-6,10,14H,2-4,7-9,11-12H2,1H3/t14-/m1/s1. The highest BCUT2D eigenvalue weighted by Gasteiger charge is 2.44. The van der Waals surface area contributed by atoms with Crippen LogP contribution in [0.15, 0.2) is 18.6 Å². The number of hydrogen-bond donors (Lipinski definition) is 0. The van der Waals surface area contributed by atoms with Crippen LogP contribution in [0.1, 0.15) is 26.2 Å². The van der Waals surface area contributed by atoms with Crippen molar-refractivity contribution in [3.8, 4) is 5.88 Å². The number of amides is 1. The van der Waals surface area contributed by atoms with Crippen LogP contribution in [0.4, 0.5) is 0 Å². The van der Waals surface area contributed by atoms with Crippen LogP contribution < -0.4 is 4.74 Å². The Morgan fingerprint density at radius 2 is 2.23 bits per heavy atom. The van der Waals surface area contributed by atoms with Gasteiger partial charge in [0.05, 0.1) is 19.4 Å². The average Bonchev–Trinajstić information content (AvgIpc) is 2.55. The Morgan fingerprint density at radius 3 is 2.91 bits per heavy atom. The monoisotopic (exact) mass is 305 g/mol. The number of piperidine rings is 1. The zero-order valence-corrected chi connectivity index (χ0v) is 13.0. The fourth-order valence-corrected chi connectivity index (χ4v) is 3.58. The number of aromatic nitrogens is 2. The zero-order chi connectivity index (χ0) is 15.4. The van der Waals surface area contributed by atoms with E-state index in [0.29, 0.717) is 18.4 Å². The highest BCUT2D eigenvalue weighted by Crippen LogP contribution is 2.44. The number of nitrogens with zero attached hydrogens (tertiary/aromatic N) is 3. The van der Waals surface area contributed by atoms with E-state index in [1.807, 2.05) is 4.90 Å². The van der Waals surface area contributed by atoms with E-state index in [1.54, 1.807) is 25.5 Å². The Kier molecular flexibility index (Phi) is 4.57. The van der Waals surface area contributed by atoms with Gasteiger partial charge in [0.15, 0.2) is 0 Å². The molecule has 0 aromatic carbocycles. The molecule has 0 bridgehead atoms. The first-order valence-electron chi connectivity index (χ1n) is 7.92. The second-order valence-corrected chi connectivity index (χ2v) is 6.24. The molecular weight excluding hydrogens is 282 g/mol. The molecule has 2 aliphatic rings. The molecule has 1 amide bonds. The van der Waals surface area contributed by atoms with Crippen LogP contribution in [0.3, 0.4) is 0 Å².